The molecule has 0 saturated heterocycles. The van der Waals surface area contributed by atoms with Crippen molar-refractivity contribution >= 4 is 5.76 Å². The quantitative estimate of drug-likeness (QED) is 0.580. The monoisotopic (exact) mass is 312 g/mol. The van der Waals surface area contributed by atoms with Gasteiger partial charge in [0.1, 0.15) is 5.76 Å². The maximum absolute atomic E-state index is 5.62. The van der Waals surface area contributed by atoms with Gasteiger partial charge in [-0.1, -0.05) is 60.7 Å². The molecular formula is C23H20O. The zero-order valence-corrected chi connectivity index (χ0v) is 13.8. The second-order valence-corrected chi connectivity index (χ2v) is 6.10. The lowest BCUT2D eigenvalue weighted by molar-refractivity contribution is 0.366. The van der Waals surface area contributed by atoms with Gasteiger partial charge in [0.25, 0.3) is 0 Å². The second-order valence-electron chi connectivity index (χ2n) is 6.10. The maximum Gasteiger partial charge on any atom is 0.122 e. The number of aryl methyl sites for hydroxylation is 1. The van der Waals surface area contributed by atoms with E-state index in [4.69, 9.17) is 4.74 Å². The molecule has 1 nitrogen and oxygen atoms in total. The summed E-state index contributed by atoms with van der Waals surface area (Å²) in [5, 5.41) is 0. The van der Waals surface area contributed by atoms with Gasteiger partial charge in [0.2, 0.25) is 0 Å². The van der Waals surface area contributed by atoms with Crippen molar-refractivity contribution in [3.63, 3.8) is 0 Å². The highest BCUT2D eigenvalue weighted by Gasteiger charge is 2.18. The van der Waals surface area contributed by atoms with Crippen LogP contribution in [0.4, 0.5) is 0 Å². The summed E-state index contributed by atoms with van der Waals surface area (Å²) in [4.78, 5) is 0. The van der Waals surface area contributed by atoms with E-state index in [0.29, 0.717) is 0 Å². The van der Waals surface area contributed by atoms with Crippen LogP contribution in [0.5, 0.6) is 0 Å². The van der Waals surface area contributed by atoms with Crippen molar-refractivity contribution in [1.29, 1.82) is 0 Å². The number of methoxy groups -OCH3 is 1. The van der Waals surface area contributed by atoms with Crippen LogP contribution in [0.1, 0.15) is 17.5 Å². The number of allylic oxidation sites excluding steroid dienone is 1. The van der Waals surface area contributed by atoms with Gasteiger partial charge >= 0.3 is 0 Å². The van der Waals surface area contributed by atoms with E-state index >= 15 is 0 Å². The standard InChI is InChI=1S/C23H20O/c1-24-23-14-8-13-19-15-20(17-9-4-2-5-10-17)21(16-22(19)23)18-11-6-3-7-12-18/h2-7,9-12,14-16H,8,13H2,1H3. The van der Waals surface area contributed by atoms with Gasteiger partial charge in [-0.2, -0.15) is 0 Å². The molecular weight excluding hydrogens is 292 g/mol. The lowest BCUT2D eigenvalue weighted by atomic mass is 9.86. The van der Waals surface area contributed by atoms with Crippen LogP contribution in [0, 0.1) is 0 Å². The lowest BCUT2D eigenvalue weighted by Gasteiger charge is -2.21. The van der Waals surface area contributed by atoms with Gasteiger partial charge in [-0.05, 0) is 58.9 Å². The van der Waals surface area contributed by atoms with Gasteiger partial charge in [-0.25, -0.2) is 0 Å². The Morgan fingerprint density at radius 1 is 0.708 bits per heavy atom. The normalized spacial score (nSPS) is 13.1. The largest absolute Gasteiger partial charge is 0.496 e. The van der Waals surface area contributed by atoms with Crippen molar-refractivity contribution in [2.45, 2.75) is 12.8 Å². The molecule has 1 heteroatoms. The molecule has 0 radical (unpaired) electrons. The highest BCUT2D eigenvalue weighted by molar-refractivity contribution is 5.87. The van der Waals surface area contributed by atoms with Crippen molar-refractivity contribution in [3.8, 4) is 22.3 Å². The van der Waals surface area contributed by atoms with Crippen LogP contribution in [0.25, 0.3) is 28.0 Å². The van der Waals surface area contributed by atoms with Crippen molar-refractivity contribution in [1.82, 2.24) is 0 Å². The van der Waals surface area contributed by atoms with Crippen LogP contribution in [0.3, 0.4) is 0 Å². The van der Waals surface area contributed by atoms with Gasteiger partial charge in [-0.15, -0.1) is 0 Å². The van der Waals surface area contributed by atoms with E-state index in [9.17, 15) is 0 Å². The summed E-state index contributed by atoms with van der Waals surface area (Å²) in [5.74, 6) is 0.994. The molecule has 0 fully saturated rings. The van der Waals surface area contributed by atoms with Crippen molar-refractivity contribution in [2.24, 2.45) is 0 Å². The fourth-order valence-corrected chi connectivity index (χ4v) is 3.46. The Balaban J connectivity index is 1.98. The summed E-state index contributed by atoms with van der Waals surface area (Å²) < 4.78 is 5.62. The minimum Gasteiger partial charge on any atom is -0.496 e. The third-order valence-electron chi connectivity index (χ3n) is 4.64. The predicted molar refractivity (Wildman–Crippen MR) is 101 cm³/mol. The first-order valence-electron chi connectivity index (χ1n) is 8.39. The average Bonchev–Trinajstić information content (AvgIpc) is 2.68. The summed E-state index contributed by atoms with van der Waals surface area (Å²) in [6.07, 6.45) is 4.30. The number of rotatable bonds is 3. The molecule has 0 bridgehead atoms. The first kappa shape index (κ1) is 14.8. The molecule has 1 aliphatic carbocycles. The summed E-state index contributed by atoms with van der Waals surface area (Å²) in [7, 11) is 1.76. The van der Waals surface area contributed by atoms with Crippen LogP contribution in [0.15, 0.2) is 78.9 Å². The zero-order valence-electron chi connectivity index (χ0n) is 13.8. The molecule has 3 aromatic rings. The van der Waals surface area contributed by atoms with Crippen LogP contribution in [-0.2, 0) is 11.2 Å². The van der Waals surface area contributed by atoms with E-state index in [0.717, 1.165) is 18.6 Å². The van der Waals surface area contributed by atoms with E-state index in [1.807, 2.05) is 0 Å². The average molecular weight is 312 g/mol. The Hall–Kier alpha value is -2.80. The predicted octanol–water partition coefficient (Wildman–Crippen LogP) is 5.95. The summed E-state index contributed by atoms with van der Waals surface area (Å²) in [6.45, 7) is 0. The topological polar surface area (TPSA) is 9.23 Å². The maximum atomic E-state index is 5.62. The first-order chi connectivity index (χ1) is 11.9. The number of hydrogen-bond acceptors (Lipinski definition) is 1. The van der Waals surface area contributed by atoms with Gasteiger partial charge < -0.3 is 4.74 Å². The Morgan fingerprint density at radius 3 is 1.88 bits per heavy atom. The Morgan fingerprint density at radius 2 is 1.29 bits per heavy atom. The molecule has 1 aliphatic rings. The molecule has 0 spiro atoms. The molecule has 0 heterocycles. The van der Waals surface area contributed by atoms with Crippen molar-refractivity contribution in [3.05, 3.63) is 90.0 Å². The molecule has 0 aliphatic heterocycles. The highest BCUT2D eigenvalue weighted by atomic mass is 16.5. The molecule has 0 saturated carbocycles. The van der Waals surface area contributed by atoms with Gasteiger partial charge in [0.15, 0.2) is 0 Å². The van der Waals surface area contributed by atoms with Gasteiger partial charge in [0.05, 0.1) is 7.11 Å². The van der Waals surface area contributed by atoms with E-state index < -0.39 is 0 Å². The molecule has 24 heavy (non-hydrogen) atoms. The van der Waals surface area contributed by atoms with E-state index in [1.54, 1.807) is 7.11 Å². The molecule has 3 aromatic carbocycles. The van der Waals surface area contributed by atoms with Gasteiger partial charge in [0, 0.05) is 5.56 Å². The van der Waals surface area contributed by atoms with Crippen LogP contribution in [-0.4, -0.2) is 7.11 Å². The summed E-state index contributed by atoms with van der Waals surface area (Å²) in [6, 6.07) is 25.9. The minimum atomic E-state index is 0.994. The second kappa shape index (κ2) is 6.37. The Labute approximate surface area is 143 Å². The van der Waals surface area contributed by atoms with E-state index in [-0.39, 0.29) is 0 Å². The summed E-state index contributed by atoms with van der Waals surface area (Å²) in [5.41, 5.74) is 7.63. The zero-order chi connectivity index (χ0) is 16.4. The fraction of sp³-hybridized carbons (Fsp3) is 0.130. The number of hydrogen-bond donors (Lipinski definition) is 0. The minimum absolute atomic E-state index is 0.994. The van der Waals surface area contributed by atoms with Crippen LogP contribution < -0.4 is 0 Å². The molecule has 0 atom stereocenters. The van der Waals surface area contributed by atoms with Gasteiger partial charge in [-0.3, -0.25) is 0 Å². The first-order valence-corrected chi connectivity index (χ1v) is 8.39. The lowest BCUT2D eigenvalue weighted by Crippen LogP contribution is -2.03. The third kappa shape index (κ3) is 2.63. The van der Waals surface area contributed by atoms with Crippen LogP contribution >= 0.6 is 0 Å². The van der Waals surface area contributed by atoms with E-state index in [2.05, 4.69) is 78.9 Å². The van der Waals surface area contributed by atoms with Crippen molar-refractivity contribution < 1.29 is 4.74 Å². The van der Waals surface area contributed by atoms with Crippen LogP contribution in [0.2, 0.25) is 0 Å². The molecule has 0 unspecified atom stereocenters. The Kier molecular flexibility index (Phi) is 3.92. The molecule has 4 rings (SSSR count). The smallest absolute Gasteiger partial charge is 0.122 e. The highest BCUT2D eigenvalue weighted by Crippen LogP contribution is 2.38. The SMILES string of the molecule is COC1=CCCc2cc(-c3ccccc3)c(-c3ccccc3)cc21. The number of fused-ring (bicyclic) bond motifs is 1. The number of ether oxygens (including phenoxy) is 1. The van der Waals surface area contributed by atoms with E-state index in [1.165, 1.54) is 33.4 Å². The molecule has 0 amide bonds. The molecule has 0 aromatic heterocycles. The third-order valence-corrected chi connectivity index (χ3v) is 4.64. The molecule has 118 valence electrons. The fourth-order valence-electron chi connectivity index (χ4n) is 3.46. The van der Waals surface area contributed by atoms with Crippen molar-refractivity contribution in [2.75, 3.05) is 7.11 Å². The summed E-state index contributed by atoms with van der Waals surface area (Å²) >= 11 is 0. The molecule has 0 N–H and O–H groups in total. The Bertz CT molecular complexity index is 877. The number of benzene rings is 3.